The van der Waals surface area contributed by atoms with Crippen molar-refractivity contribution in [3.05, 3.63) is 29.8 Å². The van der Waals surface area contributed by atoms with Crippen molar-refractivity contribution >= 4 is 11.6 Å². The number of rotatable bonds is 4. The molecule has 2 atom stereocenters. The van der Waals surface area contributed by atoms with Crippen LogP contribution in [0.2, 0.25) is 0 Å². The largest absolute Gasteiger partial charge is 0.380 e. The van der Waals surface area contributed by atoms with E-state index in [9.17, 15) is 4.79 Å². The van der Waals surface area contributed by atoms with Gasteiger partial charge < -0.3 is 10.1 Å². The van der Waals surface area contributed by atoms with Crippen LogP contribution in [-0.2, 0) is 9.53 Å². The third kappa shape index (κ3) is 3.16. The number of nitrogens with zero attached hydrogens (tertiary/aromatic N) is 2. The first-order chi connectivity index (χ1) is 9.65. The van der Waals surface area contributed by atoms with Crippen molar-refractivity contribution in [2.75, 3.05) is 25.5 Å². The van der Waals surface area contributed by atoms with Crippen molar-refractivity contribution in [2.45, 2.75) is 25.5 Å². The van der Waals surface area contributed by atoms with Crippen LogP contribution in [0.25, 0.3) is 0 Å². The van der Waals surface area contributed by atoms with Crippen LogP contribution in [0.1, 0.15) is 18.9 Å². The SMILES string of the molecule is COC1CCN(C(C)C(=O)Nc2ccccc2C#N)C1. The molecule has 1 N–H and O–H groups in total. The highest BCUT2D eigenvalue weighted by Crippen LogP contribution is 2.18. The maximum absolute atomic E-state index is 12.3. The Kier molecular flexibility index (Phi) is 4.72. The van der Waals surface area contributed by atoms with Crippen molar-refractivity contribution in [2.24, 2.45) is 0 Å². The van der Waals surface area contributed by atoms with E-state index in [1.165, 1.54) is 0 Å². The molecule has 106 valence electrons. The Morgan fingerprint density at radius 2 is 2.30 bits per heavy atom. The van der Waals surface area contributed by atoms with Crippen LogP contribution >= 0.6 is 0 Å². The Morgan fingerprint density at radius 3 is 2.95 bits per heavy atom. The van der Waals surface area contributed by atoms with Crippen molar-refractivity contribution in [1.82, 2.24) is 4.90 Å². The number of hydrogen-bond acceptors (Lipinski definition) is 4. The number of likely N-dealkylation sites (tertiary alicyclic amines) is 1. The lowest BCUT2D eigenvalue weighted by Crippen LogP contribution is -2.41. The molecule has 1 heterocycles. The van der Waals surface area contributed by atoms with E-state index in [-0.39, 0.29) is 18.1 Å². The predicted octanol–water partition coefficient (Wildman–Crippen LogP) is 1.61. The van der Waals surface area contributed by atoms with Crippen LogP contribution in [0.15, 0.2) is 24.3 Å². The summed E-state index contributed by atoms with van der Waals surface area (Å²) in [5, 5.41) is 11.8. The van der Waals surface area contributed by atoms with Gasteiger partial charge in [0.25, 0.3) is 0 Å². The molecule has 1 amide bonds. The zero-order valence-corrected chi connectivity index (χ0v) is 11.8. The first-order valence-corrected chi connectivity index (χ1v) is 6.72. The van der Waals surface area contributed by atoms with Crippen LogP contribution in [0.4, 0.5) is 5.69 Å². The number of nitriles is 1. The molecule has 2 rings (SSSR count). The average molecular weight is 273 g/mol. The van der Waals surface area contributed by atoms with Gasteiger partial charge in [-0.2, -0.15) is 5.26 Å². The number of ether oxygens (including phenoxy) is 1. The summed E-state index contributed by atoms with van der Waals surface area (Å²) in [7, 11) is 1.70. The number of hydrogen-bond donors (Lipinski definition) is 1. The minimum Gasteiger partial charge on any atom is -0.380 e. The molecule has 1 fully saturated rings. The summed E-state index contributed by atoms with van der Waals surface area (Å²) >= 11 is 0. The van der Waals surface area contributed by atoms with Gasteiger partial charge in [0.2, 0.25) is 5.91 Å². The zero-order chi connectivity index (χ0) is 14.5. The lowest BCUT2D eigenvalue weighted by molar-refractivity contribution is -0.120. The summed E-state index contributed by atoms with van der Waals surface area (Å²) in [4.78, 5) is 14.4. The van der Waals surface area contributed by atoms with Gasteiger partial charge in [0.05, 0.1) is 23.4 Å². The maximum Gasteiger partial charge on any atom is 0.241 e. The highest BCUT2D eigenvalue weighted by Gasteiger charge is 2.29. The molecule has 2 unspecified atom stereocenters. The fourth-order valence-electron chi connectivity index (χ4n) is 2.39. The summed E-state index contributed by atoms with van der Waals surface area (Å²) in [6.07, 6.45) is 1.15. The van der Waals surface area contributed by atoms with Gasteiger partial charge in [-0.3, -0.25) is 9.69 Å². The zero-order valence-electron chi connectivity index (χ0n) is 11.8. The maximum atomic E-state index is 12.3. The molecule has 0 spiro atoms. The molecule has 5 nitrogen and oxygen atoms in total. The van der Waals surface area contributed by atoms with Gasteiger partial charge >= 0.3 is 0 Å². The normalized spacial score (nSPS) is 20.4. The monoisotopic (exact) mass is 273 g/mol. The second kappa shape index (κ2) is 6.51. The van der Waals surface area contributed by atoms with Crippen LogP contribution < -0.4 is 5.32 Å². The number of amides is 1. The number of nitrogens with one attached hydrogen (secondary N) is 1. The van der Waals surface area contributed by atoms with E-state index in [2.05, 4.69) is 16.3 Å². The van der Waals surface area contributed by atoms with E-state index in [1.54, 1.807) is 31.4 Å². The van der Waals surface area contributed by atoms with Gasteiger partial charge in [0.1, 0.15) is 6.07 Å². The molecule has 0 aliphatic carbocycles. The van der Waals surface area contributed by atoms with Gasteiger partial charge in [0.15, 0.2) is 0 Å². The van der Waals surface area contributed by atoms with Crippen molar-refractivity contribution in [3.63, 3.8) is 0 Å². The number of carbonyl (C=O) groups excluding carboxylic acids is 1. The molecular formula is C15H19N3O2. The first kappa shape index (κ1) is 14.5. The number of carbonyl (C=O) groups is 1. The molecular weight excluding hydrogens is 254 g/mol. The molecule has 0 aromatic heterocycles. The van der Waals surface area contributed by atoms with Gasteiger partial charge in [0, 0.05) is 20.2 Å². The molecule has 1 aliphatic rings. The molecule has 1 saturated heterocycles. The summed E-state index contributed by atoms with van der Waals surface area (Å²) < 4.78 is 5.31. The topological polar surface area (TPSA) is 65.4 Å². The Hall–Kier alpha value is -1.90. The Labute approximate surface area is 119 Å². The molecule has 0 bridgehead atoms. The summed E-state index contributed by atoms with van der Waals surface area (Å²) in [5.74, 6) is -0.0931. The molecule has 0 radical (unpaired) electrons. The van der Waals surface area contributed by atoms with Gasteiger partial charge in [-0.1, -0.05) is 12.1 Å². The second-order valence-corrected chi connectivity index (χ2v) is 4.96. The van der Waals surface area contributed by atoms with E-state index in [0.717, 1.165) is 19.5 Å². The number of methoxy groups -OCH3 is 1. The summed E-state index contributed by atoms with van der Waals surface area (Å²) in [5.41, 5.74) is 1.04. The second-order valence-electron chi connectivity index (χ2n) is 4.96. The molecule has 1 aliphatic heterocycles. The smallest absolute Gasteiger partial charge is 0.241 e. The highest BCUT2D eigenvalue weighted by molar-refractivity contribution is 5.95. The Balaban J connectivity index is 2.00. The Morgan fingerprint density at radius 1 is 1.55 bits per heavy atom. The minimum atomic E-state index is -0.234. The lowest BCUT2D eigenvalue weighted by atomic mass is 10.2. The number of benzene rings is 1. The third-order valence-electron chi connectivity index (χ3n) is 3.74. The third-order valence-corrected chi connectivity index (χ3v) is 3.74. The number of para-hydroxylation sites is 1. The molecule has 5 heteroatoms. The predicted molar refractivity (Wildman–Crippen MR) is 76.2 cm³/mol. The van der Waals surface area contributed by atoms with Crippen molar-refractivity contribution < 1.29 is 9.53 Å². The lowest BCUT2D eigenvalue weighted by Gasteiger charge is -2.23. The molecule has 20 heavy (non-hydrogen) atoms. The van der Waals surface area contributed by atoms with Gasteiger partial charge in [-0.05, 0) is 25.5 Å². The molecule has 0 saturated carbocycles. The highest BCUT2D eigenvalue weighted by atomic mass is 16.5. The minimum absolute atomic E-state index is 0.0931. The standard InChI is InChI=1S/C15H19N3O2/c1-11(18-8-7-13(10-18)20-2)15(19)17-14-6-4-3-5-12(14)9-16/h3-6,11,13H,7-8,10H2,1-2H3,(H,17,19). The summed E-state index contributed by atoms with van der Waals surface area (Å²) in [6.45, 7) is 3.50. The van der Waals surface area contributed by atoms with Crippen LogP contribution in [-0.4, -0.2) is 43.2 Å². The molecule has 1 aromatic rings. The van der Waals surface area contributed by atoms with Gasteiger partial charge in [-0.25, -0.2) is 0 Å². The van der Waals surface area contributed by atoms with E-state index in [1.807, 2.05) is 6.92 Å². The fourth-order valence-corrected chi connectivity index (χ4v) is 2.39. The van der Waals surface area contributed by atoms with Crippen molar-refractivity contribution in [1.29, 1.82) is 5.26 Å². The fraction of sp³-hybridized carbons (Fsp3) is 0.467. The number of anilines is 1. The van der Waals surface area contributed by atoms with E-state index >= 15 is 0 Å². The first-order valence-electron chi connectivity index (χ1n) is 6.72. The Bertz CT molecular complexity index is 524. The van der Waals surface area contributed by atoms with Crippen LogP contribution in [0.5, 0.6) is 0 Å². The quantitative estimate of drug-likeness (QED) is 0.905. The van der Waals surface area contributed by atoms with E-state index < -0.39 is 0 Å². The van der Waals surface area contributed by atoms with E-state index in [4.69, 9.17) is 10.00 Å². The van der Waals surface area contributed by atoms with E-state index in [0.29, 0.717) is 11.3 Å². The van der Waals surface area contributed by atoms with Crippen LogP contribution in [0, 0.1) is 11.3 Å². The summed E-state index contributed by atoms with van der Waals surface area (Å²) in [6, 6.07) is 8.86. The van der Waals surface area contributed by atoms with Crippen molar-refractivity contribution in [3.8, 4) is 6.07 Å². The average Bonchev–Trinajstić information content (AvgIpc) is 2.95. The van der Waals surface area contributed by atoms with Gasteiger partial charge in [-0.15, -0.1) is 0 Å². The molecule has 1 aromatic carbocycles. The van der Waals surface area contributed by atoms with Crippen LogP contribution in [0.3, 0.4) is 0 Å².